The molecule has 1 aliphatic rings. The topological polar surface area (TPSA) is 75.2 Å². The van der Waals surface area contributed by atoms with Gasteiger partial charge in [0.25, 0.3) is 0 Å². The van der Waals surface area contributed by atoms with Crippen molar-refractivity contribution in [3.63, 3.8) is 0 Å². The highest BCUT2D eigenvalue weighted by Gasteiger charge is 2.19. The number of nitrogens with zero attached hydrogens (tertiary/aromatic N) is 2. The number of carbonyl (C=O) groups is 1. The standard InChI is InChI=1S/C23H36N4O3/c1-23(2,3)30-22(28)27(5)17-20-8-6-19(7-9-20)16-26-21(24-4)25-13-10-18-11-14-29-15-12-18/h6-9,11H,10,12-17H2,1-5H3,(H2,24,25,26). The predicted molar refractivity (Wildman–Crippen MR) is 120 cm³/mol. The number of amides is 1. The molecular weight excluding hydrogens is 380 g/mol. The van der Waals surface area contributed by atoms with Crippen LogP contribution in [0.1, 0.15) is 44.7 Å². The molecule has 7 heteroatoms. The summed E-state index contributed by atoms with van der Waals surface area (Å²) in [6.07, 6.45) is 3.87. The third-order valence-electron chi connectivity index (χ3n) is 4.63. The van der Waals surface area contributed by atoms with Gasteiger partial charge in [0.2, 0.25) is 0 Å². The lowest BCUT2D eigenvalue weighted by molar-refractivity contribution is 0.0285. The molecule has 166 valence electrons. The number of rotatable bonds is 7. The van der Waals surface area contributed by atoms with Crippen LogP contribution in [0.2, 0.25) is 0 Å². The first-order chi connectivity index (χ1) is 14.3. The van der Waals surface area contributed by atoms with Crippen LogP contribution >= 0.6 is 0 Å². The van der Waals surface area contributed by atoms with E-state index in [1.807, 2.05) is 32.9 Å². The van der Waals surface area contributed by atoms with Gasteiger partial charge in [0, 0.05) is 33.7 Å². The van der Waals surface area contributed by atoms with E-state index in [0.29, 0.717) is 13.1 Å². The Hall–Kier alpha value is -2.54. The van der Waals surface area contributed by atoms with Gasteiger partial charge in [-0.1, -0.05) is 35.9 Å². The Kier molecular flexibility index (Phi) is 9.17. The Morgan fingerprint density at radius 1 is 1.20 bits per heavy atom. The van der Waals surface area contributed by atoms with E-state index >= 15 is 0 Å². The number of hydrogen-bond acceptors (Lipinski definition) is 4. The van der Waals surface area contributed by atoms with Gasteiger partial charge in [0.05, 0.1) is 13.2 Å². The zero-order chi connectivity index (χ0) is 22.0. The lowest BCUT2D eigenvalue weighted by atomic mass is 10.1. The van der Waals surface area contributed by atoms with Crippen LogP contribution in [-0.4, -0.2) is 56.4 Å². The molecular formula is C23H36N4O3. The fourth-order valence-corrected chi connectivity index (χ4v) is 2.98. The first kappa shape index (κ1) is 23.7. The van der Waals surface area contributed by atoms with Crippen LogP contribution in [0.4, 0.5) is 4.79 Å². The third-order valence-corrected chi connectivity index (χ3v) is 4.63. The highest BCUT2D eigenvalue weighted by molar-refractivity contribution is 5.79. The van der Waals surface area contributed by atoms with Crippen LogP contribution < -0.4 is 10.6 Å². The van der Waals surface area contributed by atoms with Gasteiger partial charge in [-0.3, -0.25) is 4.99 Å². The molecule has 0 fully saturated rings. The summed E-state index contributed by atoms with van der Waals surface area (Å²) in [6, 6.07) is 8.19. The minimum atomic E-state index is -0.491. The Bertz CT molecular complexity index is 736. The normalized spacial score (nSPS) is 14.7. The average molecular weight is 417 g/mol. The van der Waals surface area contributed by atoms with E-state index in [0.717, 1.165) is 49.7 Å². The second kappa shape index (κ2) is 11.6. The summed E-state index contributed by atoms with van der Waals surface area (Å²) >= 11 is 0. The van der Waals surface area contributed by atoms with Gasteiger partial charge in [-0.05, 0) is 44.7 Å². The summed E-state index contributed by atoms with van der Waals surface area (Å²) in [7, 11) is 3.52. The molecule has 0 saturated carbocycles. The van der Waals surface area contributed by atoms with Crippen molar-refractivity contribution in [3.05, 3.63) is 47.0 Å². The van der Waals surface area contributed by atoms with Crippen molar-refractivity contribution in [3.8, 4) is 0 Å². The Labute approximate surface area is 180 Å². The van der Waals surface area contributed by atoms with Gasteiger partial charge in [0.15, 0.2) is 5.96 Å². The maximum absolute atomic E-state index is 12.1. The second-order valence-corrected chi connectivity index (χ2v) is 8.44. The number of guanidine groups is 1. The van der Waals surface area contributed by atoms with Crippen molar-refractivity contribution in [1.29, 1.82) is 0 Å². The third kappa shape index (κ3) is 8.86. The molecule has 30 heavy (non-hydrogen) atoms. The molecule has 0 unspecified atom stereocenters. The maximum atomic E-state index is 12.1. The van der Waals surface area contributed by atoms with Gasteiger partial charge in [-0.25, -0.2) is 4.79 Å². The van der Waals surface area contributed by atoms with Crippen molar-refractivity contribution >= 4 is 12.1 Å². The minimum absolute atomic E-state index is 0.320. The van der Waals surface area contributed by atoms with Crippen LogP contribution in [0.25, 0.3) is 0 Å². The van der Waals surface area contributed by atoms with E-state index in [1.165, 1.54) is 5.57 Å². The summed E-state index contributed by atoms with van der Waals surface area (Å²) < 4.78 is 10.7. The lowest BCUT2D eigenvalue weighted by Gasteiger charge is -2.24. The van der Waals surface area contributed by atoms with Crippen LogP contribution in [0.5, 0.6) is 0 Å². The van der Waals surface area contributed by atoms with Crippen molar-refractivity contribution in [2.24, 2.45) is 4.99 Å². The van der Waals surface area contributed by atoms with Gasteiger partial charge in [0.1, 0.15) is 5.60 Å². The average Bonchev–Trinajstić information content (AvgIpc) is 2.71. The number of ether oxygens (including phenoxy) is 2. The Morgan fingerprint density at radius 2 is 1.90 bits per heavy atom. The second-order valence-electron chi connectivity index (χ2n) is 8.44. The van der Waals surface area contributed by atoms with Crippen LogP contribution in [0.15, 0.2) is 40.9 Å². The van der Waals surface area contributed by atoms with E-state index in [2.05, 4.69) is 33.8 Å². The Balaban J connectivity index is 1.74. The molecule has 1 aromatic carbocycles. The van der Waals surface area contributed by atoms with E-state index in [9.17, 15) is 4.79 Å². The summed E-state index contributed by atoms with van der Waals surface area (Å²) in [4.78, 5) is 18.0. The van der Waals surface area contributed by atoms with Crippen molar-refractivity contribution in [1.82, 2.24) is 15.5 Å². The molecule has 7 nitrogen and oxygen atoms in total. The SMILES string of the molecule is CN=C(NCCC1=CCOCC1)NCc1ccc(CN(C)C(=O)OC(C)(C)C)cc1. The van der Waals surface area contributed by atoms with Gasteiger partial charge in [-0.2, -0.15) is 0 Å². The van der Waals surface area contributed by atoms with E-state index in [1.54, 1.807) is 19.0 Å². The molecule has 1 aromatic rings. The molecule has 2 N–H and O–H groups in total. The van der Waals surface area contributed by atoms with Crippen LogP contribution in [0.3, 0.4) is 0 Å². The maximum Gasteiger partial charge on any atom is 0.410 e. The highest BCUT2D eigenvalue weighted by Crippen LogP contribution is 2.13. The first-order valence-corrected chi connectivity index (χ1v) is 10.5. The lowest BCUT2D eigenvalue weighted by Crippen LogP contribution is -2.37. The van der Waals surface area contributed by atoms with Gasteiger partial charge >= 0.3 is 6.09 Å². The van der Waals surface area contributed by atoms with Crippen molar-refractivity contribution < 1.29 is 14.3 Å². The summed E-state index contributed by atoms with van der Waals surface area (Å²) in [5.41, 5.74) is 3.15. The smallest absolute Gasteiger partial charge is 0.410 e. The molecule has 1 aliphatic heterocycles. The molecule has 0 saturated heterocycles. The monoisotopic (exact) mass is 416 g/mol. The number of nitrogens with one attached hydrogen (secondary N) is 2. The molecule has 1 heterocycles. The number of benzene rings is 1. The molecule has 0 atom stereocenters. The molecule has 0 bridgehead atoms. The minimum Gasteiger partial charge on any atom is -0.444 e. The highest BCUT2D eigenvalue weighted by atomic mass is 16.6. The summed E-state index contributed by atoms with van der Waals surface area (Å²) in [5.74, 6) is 0.788. The zero-order valence-electron chi connectivity index (χ0n) is 19.0. The van der Waals surface area contributed by atoms with Crippen LogP contribution in [-0.2, 0) is 22.6 Å². The fraction of sp³-hybridized carbons (Fsp3) is 0.565. The van der Waals surface area contributed by atoms with Gasteiger partial charge < -0.3 is 25.0 Å². The molecule has 0 aromatic heterocycles. The predicted octanol–water partition coefficient (Wildman–Crippen LogP) is 3.46. The molecule has 0 spiro atoms. The van der Waals surface area contributed by atoms with Crippen molar-refractivity contribution in [2.75, 3.05) is 33.9 Å². The Morgan fingerprint density at radius 3 is 2.50 bits per heavy atom. The zero-order valence-corrected chi connectivity index (χ0v) is 19.0. The fourth-order valence-electron chi connectivity index (χ4n) is 2.98. The number of carbonyl (C=O) groups excluding carboxylic acids is 1. The molecule has 0 aliphatic carbocycles. The van der Waals surface area contributed by atoms with E-state index in [-0.39, 0.29) is 6.09 Å². The summed E-state index contributed by atoms with van der Waals surface area (Å²) in [5, 5.41) is 6.69. The number of aliphatic imine (C=N–C) groups is 1. The largest absolute Gasteiger partial charge is 0.444 e. The molecule has 1 amide bonds. The van der Waals surface area contributed by atoms with E-state index in [4.69, 9.17) is 9.47 Å². The van der Waals surface area contributed by atoms with Crippen LogP contribution in [0, 0.1) is 0 Å². The first-order valence-electron chi connectivity index (χ1n) is 10.5. The van der Waals surface area contributed by atoms with Crippen molar-refractivity contribution in [2.45, 2.75) is 52.3 Å². The quantitative estimate of drug-likeness (QED) is 0.405. The summed E-state index contributed by atoms with van der Waals surface area (Å²) in [6.45, 7) is 9.18. The molecule has 0 radical (unpaired) electrons. The molecule has 2 rings (SSSR count). The number of hydrogen-bond donors (Lipinski definition) is 2. The van der Waals surface area contributed by atoms with Gasteiger partial charge in [-0.15, -0.1) is 0 Å². The van der Waals surface area contributed by atoms with E-state index < -0.39 is 5.60 Å².